The van der Waals surface area contributed by atoms with Crippen molar-refractivity contribution in [2.45, 2.75) is 19.8 Å². The first-order chi connectivity index (χ1) is 10.1. The number of aromatic amines is 1. The molecule has 0 aliphatic heterocycles. The van der Waals surface area contributed by atoms with E-state index in [4.69, 9.17) is 4.74 Å². The maximum absolute atomic E-state index is 11.7. The van der Waals surface area contributed by atoms with E-state index in [9.17, 15) is 4.79 Å². The van der Waals surface area contributed by atoms with Gasteiger partial charge in [0.1, 0.15) is 0 Å². The molecular formula is C16H21N3O2. The molecule has 5 heteroatoms. The zero-order valence-corrected chi connectivity index (χ0v) is 12.6. The quantitative estimate of drug-likeness (QED) is 0.801. The van der Waals surface area contributed by atoms with E-state index in [1.165, 1.54) is 11.6 Å². The summed E-state index contributed by atoms with van der Waals surface area (Å²) in [5, 5.41) is 3.03. The fourth-order valence-electron chi connectivity index (χ4n) is 2.00. The Morgan fingerprint density at radius 2 is 2.00 bits per heavy atom. The Morgan fingerprint density at radius 1 is 1.29 bits per heavy atom. The lowest BCUT2D eigenvalue weighted by atomic mass is 10.0. The third-order valence-electron chi connectivity index (χ3n) is 3.21. The number of anilines is 1. The van der Waals surface area contributed by atoms with E-state index in [0.29, 0.717) is 30.7 Å². The van der Waals surface area contributed by atoms with Gasteiger partial charge in [-0.25, -0.2) is 4.98 Å². The minimum atomic E-state index is -0.173. The van der Waals surface area contributed by atoms with Crippen molar-refractivity contribution in [2.24, 2.45) is 0 Å². The van der Waals surface area contributed by atoms with Crippen LogP contribution in [0, 0.1) is 0 Å². The second-order valence-electron chi connectivity index (χ2n) is 5.18. The summed E-state index contributed by atoms with van der Waals surface area (Å²) in [5.41, 5.74) is 2.68. The van der Waals surface area contributed by atoms with E-state index in [1.54, 1.807) is 7.11 Å². The molecule has 1 heterocycles. The Kier molecular flexibility index (Phi) is 5.11. The van der Waals surface area contributed by atoms with Gasteiger partial charge in [-0.15, -0.1) is 0 Å². The van der Waals surface area contributed by atoms with Crippen molar-refractivity contribution in [3.05, 3.63) is 46.2 Å². The lowest BCUT2D eigenvalue weighted by Crippen LogP contribution is -2.15. The summed E-state index contributed by atoms with van der Waals surface area (Å²) >= 11 is 0. The molecule has 1 aromatic heterocycles. The second kappa shape index (κ2) is 7.04. The summed E-state index contributed by atoms with van der Waals surface area (Å²) in [6, 6.07) is 9.64. The summed E-state index contributed by atoms with van der Waals surface area (Å²) in [5.74, 6) is 0.944. The molecule has 0 fully saturated rings. The average Bonchev–Trinajstić information content (AvgIpc) is 2.47. The zero-order chi connectivity index (χ0) is 15.2. The van der Waals surface area contributed by atoms with Crippen LogP contribution in [0.5, 0.6) is 0 Å². The smallest absolute Gasteiger partial charge is 0.252 e. The number of ether oxygens (including phenoxy) is 1. The van der Waals surface area contributed by atoms with Crippen molar-refractivity contribution in [1.29, 1.82) is 0 Å². The van der Waals surface area contributed by atoms with Crippen LogP contribution in [0.3, 0.4) is 0 Å². The van der Waals surface area contributed by atoms with Crippen LogP contribution in [0.4, 0.5) is 5.95 Å². The molecule has 0 spiro atoms. The van der Waals surface area contributed by atoms with Crippen LogP contribution in [-0.2, 0) is 4.74 Å². The van der Waals surface area contributed by atoms with Gasteiger partial charge in [0.05, 0.1) is 12.3 Å². The maximum Gasteiger partial charge on any atom is 0.252 e. The largest absolute Gasteiger partial charge is 0.383 e. The second-order valence-corrected chi connectivity index (χ2v) is 5.18. The van der Waals surface area contributed by atoms with E-state index in [1.807, 2.05) is 12.1 Å². The molecular weight excluding hydrogens is 266 g/mol. The Balaban J connectivity index is 2.24. The molecule has 5 nitrogen and oxygen atoms in total. The van der Waals surface area contributed by atoms with Crippen molar-refractivity contribution in [2.75, 3.05) is 25.6 Å². The number of nitrogens with zero attached hydrogens (tertiary/aromatic N) is 1. The normalized spacial score (nSPS) is 10.9. The van der Waals surface area contributed by atoms with Crippen molar-refractivity contribution in [3.63, 3.8) is 0 Å². The van der Waals surface area contributed by atoms with Gasteiger partial charge >= 0.3 is 0 Å². The Hall–Kier alpha value is -2.14. The van der Waals surface area contributed by atoms with Crippen LogP contribution in [0.2, 0.25) is 0 Å². The number of rotatable bonds is 6. The van der Waals surface area contributed by atoms with E-state index in [0.717, 1.165) is 5.56 Å². The summed E-state index contributed by atoms with van der Waals surface area (Å²) in [7, 11) is 1.63. The lowest BCUT2D eigenvalue weighted by molar-refractivity contribution is 0.210. The third-order valence-corrected chi connectivity index (χ3v) is 3.21. The number of methoxy groups -OCH3 is 1. The van der Waals surface area contributed by atoms with Crippen molar-refractivity contribution < 1.29 is 4.74 Å². The van der Waals surface area contributed by atoms with Gasteiger partial charge in [-0.1, -0.05) is 38.1 Å². The van der Waals surface area contributed by atoms with Gasteiger partial charge in [0.15, 0.2) is 0 Å². The molecule has 2 rings (SSSR count). The molecule has 0 atom stereocenters. The first-order valence-electron chi connectivity index (χ1n) is 7.04. The van der Waals surface area contributed by atoms with Crippen LogP contribution in [0.15, 0.2) is 35.1 Å². The Bertz CT molecular complexity index is 633. The highest BCUT2D eigenvalue weighted by molar-refractivity contribution is 5.60. The molecule has 0 bridgehead atoms. The number of hydrogen-bond acceptors (Lipinski definition) is 4. The molecule has 0 amide bonds. The van der Waals surface area contributed by atoms with Gasteiger partial charge in [0.2, 0.25) is 5.95 Å². The van der Waals surface area contributed by atoms with E-state index < -0.39 is 0 Å². The summed E-state index contributed by atoms with van der Waals surface area (Å²) in [6.45, 7) is 5.45. The minimum absolute atomic E-state index is 0.173. The summed E-state index contributed by atoms with van der Waals surface area (Å²) in [6.07, 6.45) is 0. The standard InChI is InChI=1S/C16H21N3O2/c1-11(2)12-4-6-13(7-5-12)14-10-15(20)19-16(18-14)17-8-9-21-3/h4-7,10-11H,8-9H2,1-3H3,(H2,17,18,19,20). The van der Waals surface area contributed by atoms with Crippen LogP contribution >= 0.6 is 0 Å². The van der Waals surface area contributed by atoms with Crippen molar-refractivity contribution in [1.82, 2.24) is 9.97 Å². The molecule has 112 valence electrons. The number of H-pyrrole nitrogens is 1. The molecule has 1 aromatic carbocycles. The van der Waals surface area contributed by atoms with Gasteiger partial charge < -0.3 is 10.1 Å². The van der Waals surface area contributed by atoms with E-state index in [2.05, 4.69) is 41.3 Å². The van der Waals surface area contributed by atoms with Gasteiger partial charge in [-0.3, -0.25) is 9.78 Å². The van der Waals surface area contributed by atoms with Crippen LogP contribution in [0.1, 0.15) is 25.3 Å². The van der Waals surface area contributed by atoms with E-state index in [-0.39, 0.29) is 5.56 Å². The predicted molar refractivity (Wildman–Crippen MR) is 84.7 cm³/mol. The summed E-state index contributed by atoms with van der Waals surface area (Å²) in [4.78, 5) is 18.8. The highest BCUT2D eigenvalue weighted by Gasteiger charge is 2.05. The number of nitrogens with one attached hydrogen (secondary N) is 2. The third kappa shape index (κ3) is 4.16. The van der Waals surface area contributed by atoms with Crippen LogP contribution in [0.25, 0.3) is 11.3 Å². The monoisotopic (exact) mass is 287 g/mol. The van der Waals surface area contributed by atoms with E-state index >= 15 is 0 Å². The predicted octanol–water partition coefficient (Wildman–Crippen LogP) is 2.62. The average molecular weight is 287 g/mol. The van der Waals surface area contributed by atoms with Gasteiger partial charge in [-0.05, 0) is 11.5 Å². The van der Waals surface area contributed by atoms with Crippen molar-refractivity contribution >= 4 is 5.95 Å². The van der Waals surface area contributed by atoms with Gasteiger partial charge in [0, 0.05) is 25.3 Å². The topological polar surface area (TPSA) is 67.0 Å². The van der Waals surface area contributed by atoms with Crippen molar-refractivity contribution in [3.8, 4) is 11.3 Å². The van der Waals surface area contributed by atoms with Crippen LogP contribution < -0.4 is 10.9 Å². The first kappa shape index (κ1) is 15.3. The number of hydrogen-bond donors (Lipinski definition) is 2. The molecule has 0 unspecified atom stereocenters. The SMILES string of the molecule is COCCNc1nc(-c2ccc(C(C)C)cc2)cc(=O)[nH]1. The Morgan fingerprint density at radius 3 is 2.62 bits per heavy atom. The first-order valence-corrected chi connectivity index (χ1v) is 7.04. The fraction of sp³-hybridized carbons (Fsp3) is 0.375. The number of aromatic nitrogens is 2. The molecule has 0 saturated carbocycles. The Labute approximate surface area is 124 Å². The maximum atomic E-state index is 11.7. The lowest BCUT2D eigenvalue weighted by Gasteiger charge is -2.08. The van der Waals surface area contributed by atoms with Crippen LogP contribution in [-0.4, -0.2) is 30.2 Å². The minimum Gasteiger partial charge on any atom is -0.383 e. The number of benzene rings is 1. The molecule has 0 radical (unpaired) electrons. The summed E-state index contributed by atoms with van der Waals surface area (Å²) < 4.78 is 4.96. The molecule has 21 heavy (non-hydrogen) atoms. The molecule has 2 N–H and O–H groups in total. The molecule has 0 saturated heterocycles. The highest BCUT2D eigenvalue weighted by atomic mass is 16.5. The molecule has 0 aliphatic carbocycles. The van der Waals surface area contributed by atoms with Gasteiger partial charge in [0.25, 0.3) is 5.56 Å². The fourth-order valence-corrected chi connectivity index (χ4v) is 2.00. The highest BCUT2D eigenvalue weighted by Crippen LogP contribution is 2.20. The zero-order valence-electron chi connectivity index (χ0n) is 12.6. The molecule has 0 aliphatic rings. The molecule has 2 aromatic rings. The van der Waals surface area contributed by atoms with Gasteiger partial charge in [-0.2, -0.15) is 0 Å².